The van der Waals surface area contributed by atoms with Crippen LogP contribution in [0.4, 0.5) is 11.6 Å². The minimum Gasteiger partial charge on any atom is -0.497 e. The minimum atomic E-state index is 0.659. The third kappa shape index (κ3) is 2.01. The topological polar surface area (TPSA) is 64.3 Å². The van der Waals surface area contributed by atoms with Crippen molar-refractivity contribution >= 4 is 28.2 Å². The molecule has 0 aliphatic heterocycles. The predicted molar refractivity (Wildman–Crippen MR) is 84.6 cm³/mol. The first-order valence-electron chi connectivity index (χ1n) is 6.85. The number of hydrogen-bond acceptors (Lipinski definition) is 5. The summed E-state index contributed by atoms with van der Waals surface area (Å²) in [4.78, 5) is 4.66. The van der Waals surface area contributed by atoms with E-state index in [0.717, 1.165) is 28.0 Å². The van der Waals surface area contributed by atoms with E-state index in [4.69, 9.17) is 4.74 Å². The van der Waals surface area contributed by atoms with Gasteiger partial charge in [0.25, 0.3) is 0 Å². The molecule has 0 saturated heterocycles. The average Bonchev–Trinajstić information content (AvgIpc) is 3.05. The van der Waals surface area contributed by atoms with Crippen LogP contribution in [0.3, 0.4) is 0 Å². The molecule has 108 valence electrons. The molecule has 6 heteroatoms. The van der Waals surface area contributed by atoms with Gasteiger partial charge in [-0.3, -0.25) is 4.40 Å². The van der Waals surface area contributed by atoms with Gasteiger partial charge in [0.2, 0.25) is 5.95 Å². The third-order valence-electron chi connectivity index (χ3n) is 3.47. The van der Waals surface area contributed by atoms with Gasteiger partial charge in [-0.15, -0.1) is 10.2 Å². The number of nitrogens with zero attached hydrogens (tertiary/aromatic N) is 4. The summed E-state index contributed by atoms with van der Waals surface area (Å²) in [5.74, 6) is 1.44. The largest absolute Gasteiger partial charge is 0.497 e. The van der Waals surface area contributed by atoms with E-state index >= 15 is 0 Å². The molecule has 0 aliphatic rings. The molecule has 0 radical (unpaired) electrons. The highest BCUT2D eigenvalue weighted by Gasteiger charge is 2.09. The normalized spacial score (nSPS) is 11.0. The molecule has 6 nitrogen and oxygen atoms in total. The zero-order valence-corrected chi connectivity index (χ0v) is 11.9. The van der Waals surface area contributed by atoms with Gasteiger partial charge in [-0.2, -0.15) is 0 Å². The molecule has 2 heterocycles. The number of methoxy groups -OCH3 is 1. The number of fused-ring (bicyclic) bond motifs is 3. The lowest BCUT2D eigenvalue weighted by Crippen LogP contribution is -2.02. The van der Waals surface area contributed by atoms with Gasteiger partial charge in [0.05, 0.1) is 12.6 Å². The van der Waals surface area contributed by atoms with E-state index in [-0.39, 0.29) is 0 Å². The molecule has 4 aromatic rings. The van der Waals surface area contributed by atoms with Gasteiger partial charge in [0, 0.05) is 17.1 Å². The van der Waals surface area contributed by atoms with Crippen LogP contribution in [0.2, 0.25) is 0 Å². The lowest BCUT2D eigenvalue weighted by atomic mass is 10.2. The fourth-order valence-corrected chi connectivity index (χ4v) is 2.42. The van der Waals surface area contributed by atoms with Gasteiger partial charge in [-0.1, -0.05) is 18.2 Å². The number of para-hydroxylation sites is 1. The highest BCUT2D eigenvalue weighted by atomic mass is 16.5. The van der Waals surface area contributed by atoms with E-state index in [0.29, 0.717) is 5.95 Å². The summed E-state index contributed by atoms with van der Waals surface area (Å²) in [5, 5.41) is 12.4. The van der Waals surface area contributed by atoms with Gasteiger partial charge in [-0.05, 0) is 24.3 Å². The van der Waals surface area contributed by atoms with Crippen LogP contribution in [-0.4, -0.2) is 26.7 Å². The standard InChI is InChI=1S/C16H13N5O/c1-22-12-6-4-5-11(9-12)18-16-19-14-8-3-2-7-13(14)15-20-17-10-21(15)16/h2-10H,1H3,(H,18,19). The van der Waals surface area contributed by atoms with E-state index in [1.165, 1.54) is 0 Å². The SMILES string of the molecule is COc1cccc(Nc2nc3ccccc3c3nncn23)c1. The summed E-state index contributed by atoms with van der Waals surface area (Å²) in [7, 11) is 1.64. The molecule has 0 atom stereocenters. The number of nitrogens with one attached hydrogen (secondary N) is 1. The second-order valence-electron chi connectivity index (χ2n) is 4.83. The highest BCUT2D eigenvalue weighted by molar-refractivity contribution is 5.92. The van der Waals surface area contributed by atoms with Crippen molar-refractivity contribution in [2.45, 2.75) is 0 Å². The Morgan fingerprint density at radius 1 is 1.09 bits per heavy atom. The lowest BCUT2D eigenvalue weighted by molar-refractivity contribution is 0.415. The summed E-state index contributed by atoms with van der Waals surface area (Å²) in [5.41, 5.74) is 2.53. The second kappa shape index (κ2) is 5.00. The van der Waals surface area contributed by atoms with E-state index in [9.17, 15) is 0 Å². The molecular weight excluding hydrogens is 278 g/mol. The fourth-order valence-electron chi connectivity index (χ4n) is 2.42. The third-order valence-corrected chi connectivity index (χ3v) is 3.47. The van der Waals surface area contributed by atoms with Gasteiger partial charge in [0.15, 0.2) is 5.65 Å². The van der Waals surface area contributed by atoms with Crippen molar-refractivity contribution in [2.24, 2.45) is 0 Å². The zero-order valence-electron chi connectivity index (χ0n) is 11.9. The van der Waals surface area contributed by atoms with Crippen molar-refractivity contribution in [3.63, 3.8) is 0 Å². The van der Waals surface area contributed by atoms with Gasteiger partial charge in [-0.25, -0.2) is 4.98 Å². The van der Waals surface area contributed by atoms with E-state index < -0.39 is 0 Å². The minimum absolute atomic E-state index is 0.659. The van der Waals surface area contributed by atoms with Crippen LogP contribution in [-0.2, 0) is 0 Å². The average molecular weight is 291 g/mol. The molecule has 0 spiro atoms. The van der Waals surface area contributed by atoms with Crippen molar-refractivity contribution in [3.05, 3.63) is 54.9 Å². The fraction of sp³-hybridized carbons (Fsp3) is 0.0625. The first-order chi connectivity index (χ1) is 10.8. The summed E-state index contributed by atoms with van der Waals surface area (Å²) in [6, 6.07) is 15.6. The molecule has 0 bridgehead atoms. The summed E-state index contributed by atoms with van der Waals surface area (Å²) in [6.07, 6.45) is 1.65. The molecule has 1 N–H and O–H groups in total. The van der Waals surface area contributed by atoms with Crippen LogP contribution >= 0.6 is 0 Å². The molecule has 0 unspecified atom stereocenters. The molecule has 0 saturated carbocycles. The number of benzene rings is 2. The monoisotopic (exact) mass is 291 g/mol. The Bertz CT molecular complexity index is 963. The van der Waals surface area contributed by atoms with Gasteiger partial charge in [0.1, 0.15) is 12.1 Å². The molecule has 4 rings (SSSR count). The lowest BCUT2D eigenvalue weighted by Gasteiger charge is -2.10. The smallest absolute Gasteiger partial charge is 0.215 e. The summed E-state index contributed by atoms with van der Waals surface area (Å²) in [6.45, 7) is 0. The van der Waals surface area contributed by atoms with Crippen LogP contribution < -0.4 is 10.1 Å². The number of ether oxygens (including phenoxy) is 1. The van der Waals surface area contributed by atoms with E-state index in [1.807, 2.05) is 52.9 Å². The number of aromatic nitrogens is 4. The first-order valence-corrected chi connectivity index (χ1v) is 6.85. The van der Waals surface area contributed by atoms with Gasteiger partial charge < -0.3 is 10.1 Å². The molecule has 0 fully saturated rings. The van der Waals surface area contributed by atoms with Crippen molar-refractivity contribution in [1.29, 1.82) is 0 Å². The van der Waals surface area contributed by atoms with Crippen molar-refractivity contribution in [2.75, 3.05) is 12.4 Å². The van der Waals surface area contributed by atoms with Gasteiger partial charge >= 0.3 is 0 Å². The second-order valence-corrected chi connectivity index (χ2v) is 4.83. The molecule has 2 aromatic heterocycles. The molecule has 22 heavy (non-hydrogen) atoms. The molecule has 2 aromatic carbocycles. The molecule has 0 aliphatic carbocycles. The Hall–Kier alpha value is -3.15. The van der Waals surface area contributed by atoms with Crippen LogP contribution in [0, 0.1) is 0 Å². The van der Waals surface area contributed by atoms with Crippen LogP contribution in [0.1, 0.15) is 0 Å². The number of anilines is 2. The van der Waals surface area contributed by atoms with Crippen molar-refractivity contribution in [1.82, 2.24) is 19.6 Å². The van der Waals surface area contributed by atoms with Crippen LogP contribution in [0.5, 0.6) is 5.75 Å². The Labute approximate surface area is 126 Å². The van der Waals surface area contributed by atoms with Crippen molar-refractivity contribution in [3.8, 4) is 5.75 Å². The summed E-state index contributed by atoms with van der Waals surface area (Å²) < 4.78 is 7.08. The van der Waals surface area contributed by atoms with Crippen molar-refractivity contribution < 1.29 is 4.74 Å². The number of hydrogen-bond donors (Lipinski definition) is 1. The Morgan fingerprint density at radius 3 is 2.91 bits per heavy atom. The maximum Gasteiger partial charge on any atom is 0.215 e. The Kier molecular flexibility index (Phi) is 2.86. The predicted octanol–water partition coefficient (Wildman–Crippen LogP) is 3.03. The maximum absolute atomic E-state index is 5.24. The van der Waals surface area contributed by atoms with E-state index in [1.54, 1.807) is 13.4 Å². The van der Waals surface area contributed by atoms with Crippen LogP contribution in [0.15, 0.2) is 54.9 Å². The van der Waals surface area contributed by atoms with Crippen LogP contribution in [0.25, 0.3) is 16.6 Å². The maximum atomic E-state index is 5.24. The highest BCUT2D eigenvalue weighted by Crippen LogP contribution is 2.24. The zero-order chi connectivity index (χ0) is 14.9. The van der Waals surface area contributed by atoms with E-state index in [2.05, 4.69) is 20.5 Å². The first kappa shape index (κ1) is 12.6. The molecular formula is C16H13N5O. The quantitative estimate of drug-likeness (QED) is 0.628. The Balaban J connectivity index is 1.87. The number of rotatable bonds is 3. The molecule has 0 amide bonds. The Morgan fingerprint density at radius 2 is 2.00 bits per heavy atom. The summed E-state index contributed by atoms with van der Waals surface area (Å²) >= 11 is 0.